The zero-order valence-corrected chi connectivity index (χ0v) is 12.8. The van der Waals surface area contributed by atoms with Crippen LogP contribution in [0.15, 0.2) is 23.1 Å². The van der Waals surface area contributed by atoms with Crippen LogP contribution in [0.2, 0.25) is 0 Å². The molecule has 0 heterocycles. The zero-order chi connectivity index (χ0) is 16.0. The van der Waals surface area contributed by atoms with Crippen molar-refractivity contribution < 1.29 is 17.9 Å². The lowest BCUT2D eigenvalue weighted by atomic mass is 10.2. The van der Waals surface area contributed by atoms with Gasteiger partial charge >= 0.3 is 0 Å². The van der Waals surface area contributed by atoms with Gasteiger partial charge in [-0.2, -0.15) is 0 Å². The molecule has 0 aromatic heterocycles. The van der Waals surface area contributed by atoms with Crippen molar-refractivity contribution in [2.24, 2.45) is 5.14 Å². The topological polar surface area (TPSA) is 128 Å². The Morgan fingerprint density at radius 3 is 2.67 bits per heavy atom. The fourth-order valence-electron chi connectivity index (χ4n) is 1.76. The van der Waals surface area contributed by atoms with Crippen LogP contribution in [0.4, 0.5) is 11.4 Å². The van der Waals surface area contributed by atoms with E-state index >= 15 is 0 Å². The number of carbonyl (C=O) groups excluding carboxylic acids is 1. The summed E-state index contributed by atoms with van der Waals surface area (Å²) in [5.74, 6) is -0.227. The second-order valence-electron chi connectivity index (χ2n) is 4.43. The summed E-state index contributed by atoms with van der Waals surface area (Å²) in [5.41, 5.74) is 6.26. The largest absolute Gasteiger partial charge is 0.396 e. The monoisotopic (exact) mass is 316 g/mol. The number of hydrogen-bond acceptors (Lipinski definition) is 6. The molecule has 0 bridgehead atoms. The third kappa shape index (κ3) is 4.88. The van der Waals surface area contributed by atoms with Gasteiger partial charge in [0, 0.05) is 20.7 Å². The van der Waals surface area contributed by atoms with Crippen LogP contribution < -0.4 is 21.1 Å². The number of methoxy groups -OCH3 is 1. The van der Waals surface area contributed by atoms with E-state index in [1.54, 1.807) is 18.0 Å². The molecule has 0 aliphatic rings. The molecule has 0 saturated heterocycles. The lowest BCUT2D eigenvalue weighted by molar-refractivity contribution is -0.119. The van der Waals surface area contributed by atoms with Crippen LogP contribution in [0.1, 0.15) is 0 Å². The average Bonchev–Trinajstić information content (AvgIpc) is 2.37. The number of amides is 1. The minimum atomic E-state index is -3.90. The number of primary sulfonamides is 1. The van der Waals surface area contributed by atoms with Crippen molar-refractivity contribution >= 4 is 27.3 Å². The molecule has 0 unspecified atom stereocenters. The second-order valence-corrected chi connectivity index (χ2v) is 5.96. The maximum absolute atomic E-state index is 11.7. The van der Waals surface area contributed by atoms with Crippen molar-refractivity contribution in [3.63, 3.8) is 0 Å². The highest BCUT2D eigenvalue weighted by Crippen LogP contribution is 2.28. The number of nitrogen functional groups attached to an aromatic ring is 1. The Bertz CT molecular complexity index is 603. The van der Waals surface area contributed by atoms with E-state index < -0.39 is 10.0 Å². The predicted octanol–water partition coefficient (Wildman–Crippen LogP) is -0.885. The summed E-state index contributed by atoms with van der Waals surface area (Å²) in [4.78, 5) is 13.1. The van der Waals surface area contributed by atoms with Crippen molar-refractivity contribution in [1.82, 2.24) is 5.32 Å². The fourth-order valence-corrected chi connectivity index (χ4v) is 2.44. The first-order valence-corrected chi connectivity index (χ1v) is 7.70. The van der Waals surface area contributed by atoms with Gasteiger partial charge in [0.1, 0.15) is 4.90 Å². The summed E-state index contributed by atoms with van der Waals surface area (Å²) >= 11 is 0. The summed E-state index contributed by atoms with van der Waals surface area (Å²) in [6.45, 7) is 0.844. The normalized spacial score (nSPS) is 11.2. The van der Waals surface area contributed by atoms with Gasteiger partial charge in [-0.1, -0.05) is 6.07 Å². The van der Waals surface area contributed by atoms with Crippen LogP contribution in [0.5, 0.6) is 0 Å². The number of benzene rings is 1. The van der Waals surface area contributed by atoms with Crippen molar-refractivity contribution in [3.05, 3.63) is 18.2 Å². The Kier molecular flexibility index (Phi) is 5.94. The minimum absolute atomic E-state index is 0.0205. The zero-order valence-electron chi connectivity index (χ0n) is 12.0. The summed E-state index contributed by atoms with van der Waals surface area (Å²) in [6.07, 6.45) is 0. The maximum atomic E-state index is 11.7. The number of anilines is 2. The molecule has 0 spiro atoms. The number of sulfonamides is 1. The first kappa shape index (κ1) is 17.2. The van der Waals surface area contributed by atoms with E-state index in [0.29, 0.717) is 18.8 Å². The number of nitrogens with two attached hydrogens (primary N) is 2. The Balaban J connectivity index is 2.84. The van der Waals surface area contributed by atoms with Crippen molar-refractivity contribution in [1.29, 1.82) is 0 Å². The number of rotatable bonds is 7. The van der Waals surface area contributed by atoms with Gasteiger partial charge in [-0.3, -0.25) is 4.79 Å². The summed E-state index contributed by atoms with van der Waals surface area (Å²) in [5, 5.41) is 7.75. The van der Waals surface area contributed by atoms with Crippen LogP contribution in [-0.2, 0) is 19.6 Å². The highest BCUT2D eigenvalue weighted by molar-refractivity contribution is 7.89. The number of ether oxygens (including phenoxy) is 1. The van der Waals surface area contributed by atoms with Gasteiger partial charge in [-0.25, -0.2) is 13.6 Å². The molecule has 5 N–H and O–H groups in total. The molecule has 8 nitrogen and oxygen atoms in total. The third-order valence-corrected chi connectivity index (χ3v) is 3.74. The van der Waals surface area contributed by atoms with Crippen LogP contribution in [0.3, 0.4) is 0 Å². The summed E-state index contributed by atoms with van der Waals surface area (Å²) in [7, 11) is -0.731. The highest BCUT2D eigenvalue weighted by Gasteiger charge is 2.17. The van der Waals surface area contributed by atoms with Gasteiger partial charge in [0.2, 0.25) is 15.9 Å². The molecule has 1 amide bonds. The van der Waals surface area contributed by atoms with E-state index in [4.69, 9.17) is 15.6 Å². The Hall–Kier alpha value is -1.84. The van der Waals surface area contributed by atoms with Crippen molar-refractivity contribution in [2.75, 3.05) is 44.5 Å². The van der Waals surface area contributed by atoms with E-state index in [0.717, 1.165) is 0 Å². The first-order valence-electron chi connectivity index (χ1n) is 6.15. The predicted molar refractivity (Wildman–Crippen MR) is 80.4 cm³/mol. The summed E-state index contributed by atoms with van der Waals surface area (Å²) < 4.78 is 27.6. The van der Waals surface area contributed by atoms with E-state index in [1.165, 1.54) is 19.2 Å². The Morgan fingerprint density at radius 1 is 1.43 bits per heavy atom. The SMILES string of the molecule is COCCNC(=O)CN(C)c1cccc(S(N)(=O)=O)c1N. The molecule has 0 aliphatic heterocycles. The molecular formula is C12H20N4O4S. The Morgan fingerprint density at radius 2 is 2.10 bits per heavy atom. The average molecular weight is 316 g/mol. The third-order valence-electron chi connectivity index (χ3n) is 2.77. The van der Waals surface area contributed by atoms with Gasteiger partial charge in [0.15, 0.2) is 0 Å². The number of likely N-dealkylation sites (N-methyl/N-ethyl adjacent to an activating group) is 1. The minimum Gasteiger partial charge on any atom is -0.396 e. The van der Waals surface area contributed by atoms with E-state index in [9.17, 15) is 13.2 Å². The maximum Gasteiger partial charge on any atom is 0.240 e. The van der Waals surface area contributed by atoms with Crippen molar-refractivity contribution in [2.45, 2.75) is 4.90 Å². The molecule has 1 rings (SSSR count). The van der Waals surface area contributed by atoms with E-state index in [-0.39, 0.29) is 23.0 Å². The lowest BCUT2D eigenvalue weighted by Crippen LogP contribution is -2.37. The number of para-hydroxylation sites is 1. The van der Waals surface area contributed by atoms with Crippen LogP contribution in [0, 0.1) is 0 Å². The van der Waals surface area contributed by atoms with Gasteiger partial charge in [-0.05, 0) is 12.1 Å². The van der Waals surface area contributed by atoms with E-state index in [2.05, 4.69) is 5.32 Å². The molecule has 1 aromatic carbocycles. The fraction of sp³-hybridized carbons (Fsp3) is 0.417. The number of hydrogen-bond donors (Lipinski definition) is 3. The molecule has 21 heavy (non-hydrogen) atoms. The molecular weight excluding hydrogens is 296 g/mol. The number of nitrogens with one attached hydrogen (secondary N) is 1. The Labute approximate surface area is 124 Å². The van der Waals surface area contributed by atoms with Crippen LogP contribution >= 0.6 is 0 Å². The standard InChI is InChI=1S/C12H20N4O4S/c1-16(8-11(17)15-6-7-20-2)9-4-3-5-10(12(9)13)21(14,18)19/h3-5H,6-8,13H2,1-2H3,(H,15,17)(H2,14,18,19). The van der Waals surface area contributed by atoms with Gasteiger partial charge in [0.05, 0.1) is 24.5 Å². The lowest BCUT2D eigenvalue weighted by Gasteiger charge is -2.21. The van der Waals surface area contributed by atoms with Crippen molar-refractivity contribution in [3.8, 4) is 0 Å². The highest BCUT2D eigenvalue weighted by atomic mass is 32.2. The second kappa shape index (κ2) is 7.25. The number of carbonyl (C=O) groups is 1. The van der Waals surface area contributed by atoms with Gasteiger partial charge < -0.3 is 20.7 Å². The van der Waals surface area contributed by atoms with Gasteiger partial charge in [-0.15, -0.1) is 0 Å². The van der Waals surface area contributed by atoms with Gasteiger partial charge in [0.25, 0.3) is 0 Å². The van der Waals surface area contributed by atoms with E-state index in [1.807, 2.05) is 0 Å². The molecule has 0 atom stereocenters. The molecule has 9 heteroatoms. The molecule has 0 fully saturated rings. The molecule has 0 radical (unpaired) electrons. The molecule has 0 saturated carbocycles. The molecule has 118 valence electrons. The molecule has 0 aliphatic carbocycles. The number of nitrogens with zero attached hydrogens (tertiary/aromatic N) is 1. The first-order chi connectivity index (χ1) is 9.77. The van der Waals surface area contributed by atoms with Crippen LogP contribution in [0.25, 0.3) is 0 Å². The molecule has 1 aromatic rings. The summed E-state index contributed by atoms with van der Waals surface area (Å²) in [6, 6.07) is 4.46. The quantitative estimate of drug-likeness (QED) is 0.442. The van der Waals surface area contributed by atoms with Crippen LogP contribution in [-0.4, -0.2) is 48.2 Å². The smallest absolute Gasteiger partial charge is 0.240 e.